The Kier molecular flexibility index (Phi) is 18.8. The maximum Gasteiger partial charge on any atom is 0.391 e. The number of benzene rings is 9. The highest BCUT2D eigenvalue weighted by molar-refractivity contribution is 6.45. The molecule has 24 heteroatoms. The van der Waals surface area contributed by atoms with Crippen molar-refractivity contribution in [1.29, 1.82) is 0 Å². The molecule has 0 aromatic heterocycles. The van der Waals surface area contributed by atoms with Gasteiger partial charge < -0.3 is 37.9 Å². The molecule has 0 bridgehead atoms. The largest absolute Gasteiger partial charge is 0.464 e. The van der Waals surface area contributed by atoms with Gasteiger partial charge in [-0.25, -0.2) is 19.2 Å². The summed E-state index contributed by atoms with van der Waals surface area (Å²) >= 11 is 0. The average Bonchev–Trinajstić information content (AvgIpc) is 0.672. The molecule has 2 unspecified atom stereocenters. The van der Waals surface area contributed by atoms with Gasteiger partial charge >= 0.3 is 36.2 Å². The number of halogens is 6. The number of hydrogen-bond donors (Lipinski definition) is 0. The summed E-state index contributed by atoms with van der Waals surface area (Å²) in [4.78, 5) is 115. The first-order valence-electron chi connectivity index (χ1n) is 30.0. The van der Waals surface area contributed by atoms with Gasteiger partial charge in [0.25, 0.3) is 23.6 Å². The molecule has 0 saturated heterocycles. The lowest BCUT2D eigenvalue weighted by atomic mass is 9.80. The van der Waals surface area contributed by atoms with Crippen LogP contribution in [0.3, 0.4) is 0 Å². The summed E-state index contributed by atoms with van der Waals surface area (Å²) in [7, 11) is 0. The minimum atomic E-state index is -5.21. The normalized spacial score (nSPS) is 13.6. The molecule has 492 valence electrons. The Morgan fingerprint density at radius 2 is 0.615 bits per heavy atom. The van der Waals surface area contributed by atoms with Crippen molar-refractivity contribution in [2.45, 2.75) is 76.8 Å². The number of fused-ring (bicyclic) bond motifs is 2. The third-order valence-corrected chi connectivity index (χ3v) is 15.6. The van der Waals surface area contributed by atoms with E-state index in [0.29, 0.717) is 0 Å². The standard InChI is InChI=1S/C72H56F6N2O16/c1-39(2)67(85)89-29-17-19-31-91-69(87)49(37-71(73,74)75)79-63(81)45-33-51(93-41-21-9-5-10-22-41)57-59-53(95-43-25-13-7-14-26-43)35-47-56-48(66(84)80(65(47)83)50(38-72(76,77)78)70(88)92-32-20-18-30-90-68(86)40(3)4)36-54(96-44-27-15-8-16-28-44)60(62(56)59)58-52(94-42-23-11-6-12-24-42)34-46(64(79)82)55(45)61(57)58/h5-16,21-28,33-36,49-50H,1,3,17-20,29-32,37-38H2,2,4H3. The molecule has 9 aromatic carbocycles. The molecule has 2 atom stereocenters. The third-order valence-electron chi connectivity index (χ3n) is 15.6. The number of alkyl halides is 6. The highest BCUT2D eigenvalue weighted by atomic mass is 19.4. The van der Waals surface area contributed by atoms with E-state index >= 15 is 19.2 Å². The van der Waals surface area contributed by atoms with E-state index in [1.165, 1.54) is 62.4 Å². The summed E-state index contributed by atoms with van der Waals surface area (Å²) < 4.78 is 138. The molecule has 0 spiro atoms. The van der Waals surface area contributed by atoms with Crippen molar-refractivity contribution in [2.24, 2.45) is 0 Å². The van der Waals surface area contributed by atoms with E-state index in [1.54, 1.807) is 72.8 Å². The number of ether oxygens (including phenoxy) is 8. The van der Waals surface area contributed by atoms with Gasteiger partial charge in [-0.05, 0) is 112 Å². The lowest BCUT2D eigenvalue weighted by molar-refractivity contribution is -0.167. The molecule has 0 radical (unpaired) electrons. The van der Waals surface area contributed by atoms with Crippen molar-refractivity contribution in [2.75, 3.05) is 26.4 Å². The van der Waals surface area contributed by atoms with Crippen LogP contribution >= 0.6 is 0 Å². The van der Waals surface area contributed by atoms with Crippen LogP contribution in [0.25, 0.3) is 43.1 Å². The van der Waals surface area contributed by atoms with Crippen molar-refractivity contribution in [3.63, 3.8) is 0 Å². The van der Waals surface area contributed by atoms with E-state index < -0.39 is 120 Å². The van der Waals surface area contributed by atoms with Crippen molar-refractivity contribution in [3.8, 4) is 46.0 Å². The SMILES string of the molecule is C=C(C)C(=O)OCCCCOC(=O)C(CC(F)(F)F)N1C(=O)c2cc(Oc3ccccc3)c3c4c(Oc5ccccc5)cc5c6c(cc(Oc7ccccc7)c(c7c(Oc8ccccc8)cc(c2c37)C1=O)c64)C(=O)N(C(CC(F)(F)F)C(=O)OCCCCOC(=O)C(=C)C)C5=O. The van der Waals surface area contributed by atoms with Crippen molar-refractivity contribution in [3.05, 3.63) is 192 Å². The number of para-hydroxylation sites is 4. The minimum absolute atomic E-state index is 0.0268. The van der Waals surface area contributed by atoms with E-state index in [2.05, 4.69) is 13.2 Å². The van der Waals surface area contributed by atoms with Gasteiger partial charge in [-0.15, -0.1) is 0 Å². The maximum atomic E-state index is 15.6. The first-order chi connectivity index (χ1) is 45.9. The van der Waals surface area contributed by atoms with Gasteiger partial charge in [-0.1, -0.05) is 86.0 Å². The summed E-state index contributed by atoms with van der Waals surface area (Å²) in [5.74, 6) is -11.1. The maximum absolute atomic E-state index is 15.6. The summed E-state index contributed by atoms with van der Waals surface area (Å²) in [6, 6.07) is 30.9. The monoisotopic (exact) mass is 1320 g/mol. The number of carbonyl (C=O) groups excluding carboxylic acids is 8. The molecule has 18 nitrogen and oxygen atoms in total. The van der Waals surface area contributed by atoms with Gasteiger partial charge in [0.1, 0.15) is 58.1 Å². The minimum Gasteiger partial charge on any atom is -0.464 e. The third kappa shape index (κ3) is 13.7. The van der Waals surface area contributed by atoms with E-state index in [1.807, 2.05) is 0 Å². The van der Waals surface area contributed by atoms with Gasteiger partial charge in [0.2, 0.25) is 0 Å². The zero-order valence-corrected chi connectivity index (χ0v) is 51.2. The highest BCUT2D eigenvalue weighted by Crippen LogP contribution is 2.58. The van der Waals surface area contributed by atoms with Crippen molar-refractivity contribution >= 4 is 90.6 Å². The summed E-state index contributed by atoms with van der Waals surface area (Å²) in [5, 5.41) is -0.900. The van der Waals surface area contributed by atoms with E-state index in [9.17, 15) is 45.5 Å². The first kappa shape index (κ1) is 66.2. The van der Waals surface area contributed by atoms with E-state index in [-0.39, 0.29) is 149 Å². The number of imide groups is 2. The Morgan fingerprint density at radius 1 is 0.375 bits per heavy atom. The van der Waals surface area contributed by atoms with Gasteiger partial charge in [0.15, 0.2) is 0 Å². The lowest BCUT2D eigenvalue weighted by Gasteiger charge is -2.35. The number of rotatable bonds is 26. The fourth-order valence-corrected chi connectivity index (χ4v) is 11.4. The van der Waals surface area contributed by atoms with E-state index in [0.717, 1.165) is 24.3 Å². The molecular weight excluding hydrogens is 1260 g/mol. The molecule has 11 rings (SSSR count). The summed E-state index contributed by atoms with van der Waals surface area (Å²) in [6.45, 7) is 8.48. The zero-order valence-electron chi connectivity index (χ0n) is 51.2. The Labute approximate surface area is 542 Å². The Hall–Kier alpha value is -11.3. The second kappa shape index (κ2) is 27.3. The fourth-order valence-electron chi connectivity index (χ4n) is 11.4. The molecule has 96 heavy (non-hydrogen) atoms. The Bertz CT molecular complexity index is 4100. The average molecular weight is 1320 g/mol. The van der Waals surface area contributed by atoms with Crippen LogP contribution in [0.2, 0.25) is 0 Å². The molecule has 0 fully saturated rings. The van der Waals surface area contributed by atoms with Crippen LogP contribution in [0.1, 0.15) is 93.8 Å². The number of unbranched alkanes of at least 4 members (excludes halogenated alkanes) is 2. The first-order valence-corrected chi connectivity index (χ1v) is 30.0. The van der Waals surface area contributed by atoms with Gasteiger partial charge in [0.05, 0.1) is 61.5 Å². The lowest BCUT2D eigenvalue weighted by Crippen LogP contribution is -2.52. The molecule has 9 aromatic rings. The Balaban J connectivity index is 1.20. The predicted octanol–water partition coefficient (Wildman–Crippen LogP) is 15.6. The fraction of sp³-hybridized carbons (Fsp3) is 0.222. The molecule has 4 amide bonds. The van der Waals surface area contributed by atoms with Crippen molar-refractivity contribution < 1.29 is 103 Å². The van der Waals surface area contributed by atoms with Crippen LogP contribution in [-0.4, -0.2) is 108 Å². The van der Waals surface area contributed by atoms with Crippen LogP contribution in [-0.2, 0) is 38.1 Å². The highest BCUT2D eigenvalue weighted by Gasteiger charge is 2.51. The quantitative estimate of drug-likeness (QED) is 0.00719. The summed E-state index contributed by atoms with van der Waals surface area (Å²) in [6.07, 6.45) is -14.4. The number of carbonyl (C=O) groups is 8. The van der Waals surface area contributed by atoms with Crippen LogP contribution in [0.15, 0.2) is 170 Å². The Morgan fingerprint density at radius 3 is 0.844 bits per heavy atom. The molecule has 0 N–H and O–H groups in total. The molecular formula is C72H56F6N2O16. The summed E-state index contributed by atoms with van der Waals surface area (Å²) in [5.41, 5.74) is -1.72. The molecule has 2 heterocycles. The topological polar surface area (TPSA) is 217 Å². The zero-order chi connectivity index (χ0) is 68.3. The number of amides is 4. The number of hydrogen-bond acceptors (Lipinski definition) is 16. The molecule has 0 saturated carbocycles. The number of nitrogens with zero attached hydrogens (tertiary/aromatic N) is 2. The van der Waals surface area contributed by atoms with Gasteiger partial charge in [-0.3, -0.25) is 29.0 Å². The van der Waals surface area contributed by atoms with Crippen LogP contribution < -0.4 is 18.9 Å². The second-order valence-corrected chi connectivity index (χ2v) is 22.6. The molecule has 0 aliphatic carbocycles. The molecule has 2 aliphatic rings. The van der Waals surface area contributed by atoms with Crippen molar-refractivity contribution in [1.82, 2.24) is 9.80 Å². The van der Waals surface area contributed by atoms with Crippen LogP contribution in [0.5, 0.6) is 46.0 Å². The van der Waals surface area contributed by atoms with Crippen LogP contribution in [0, 0.1) is 0 Å². The van der Waals surface area contributed by atoms with Gasteiger partial charge in [-0.2, -0.15) is 26.3 Å². The van der Waals surface area contributed by atoms with Gasteiger partial charge in [0, 0.05) is 54.2 Å². The smallest absolute Gasteiger partial charge is 0.391 e. The van der Waals surface area contributed by atoms with Crippen LogP contribution in [0.4, 0.5) is 26.3 Å². The van der Waals surface area contributed by atoms with E-state index in [4.69, 9.17) is 37.9 Å². The molecule has 2 aliphatic heterocycles. The predicted molar refractivity (Wildman–Crippen MR) is 336 cm³/mol. The number of esters is 4. The second-order valence-electron chi connectivity index (χ2n) is 22.6.